The van der Waals surface area contributed by atoms with Crippen molar-refractivity contribution in [2.75, 3.05) is 33.7 Å². The lowest BCUT2D eigenvalue weighted by Gasteiger charge is -2.36. The van der Waals surface area contributed by atoms with Crippen molar-refractivity contribution in [1.29, 1.82) is 0 Å². The van der Waals surface area contributed by atoms with E-state index in [0.717, 1.165) is 25.0 Å². The molecule has 3 saturated heterocycles. The van der Waals surface area contributed by atoms with E-state index in [0.29, 0.717) is 19.6 Å². The number of amides is 3. The number of piperidine rings is 1. The molecule has 4 rings (SSSR count). The maximum atomic E-state index is 14.0. The van der Waals surface area contributed by atoms with Crippen LogP contribution in [0.25, 0.3) is 0 Å². The minimum Gasteiger partial charge on any atom is -0.333 e. The third-order valence-corrected chi connectivity index (χ3v) is 4.79. The Bertz CT molecular complexity index is 665. The number of benzene rings is 1. The van der Waals surface area contributed by atoms with Crippen molar-refractivity contribution in [3.05, 3.63) is 35.4 Å². The van der Waals surface area contributed by atoms with E-state index in [4.69, 9.17) is 0 Å². The second-order valence-electron chi connectivity index (χ2n) is 6.76. The van der Waals surface area contributed by atoms with Crippen molar-refractivity contribution in [1.82, 2.24) is 14.7 Å². The summed E-state index contributed by atoms with van der Waals surface area (Å²) < 4.78 is 27.0. The largest absolute Gasteiger partial charge is 0.333 e. The fraction of sp³-hybridized carbons (Fsp3) is 0.529. The van der Waals surface area contributed by atoms with Gasteiger partial charge >= 0.3 is 6.03 Å². The van der Waals surface area contributed by atoms with Gasteiger partial charge in [-0.25, -0.2) is 13.6 Å². The molecule has 1 aromatic rings. The van der Waals surface area contributed by atoms with E-state index < -0.39 is 17.5 Å². The Morgan fingerprint density at radius 2 is 1.88 bits per heavy atom. The minimum atomic E-state index is -0.846. The van der Waals surface area contributed by atoms with E-state index in [1.165, 1.54) is 11.0 Å². The summed E-state index contributed by atoms with van der Waals surface area (Å²) in [6, 6.07) is 2.80. The Morgan fingerprint density at radius 1 is 1.12 bits per heavy atom. The number of hydrogen-bond acceptors (Lipinski definition) is 2. The number of nitrogens with zero attached hydrogens (tertiary/aromatic N) is 3. The SMILES string of the molecule is CN(C)C(=O)N1C[C@H]2CC[C@@H](C1)N(C(=O)c1ccc(F)cc1F)C2. The molecule has 3 heterocycles. The molecule has 0 aliphatic carbocycles. The van der Waals surface area contributed by atoms with Crippen LogP contribution in [0.4, 0.5) is 13.6 Å². The highest BCUT2D eigenvalue weighted by Gasteiger charge is 2.39. The van der Waals surface area contributed by atoms with Crippen molar-refractivity contribution in [2.45, 2.75) is 18.9 Å². The average molecular weight is 337 g/mol. The standard InChI is InChI=1S/C17H21F2N3O2/c1-20(2)17(24)21-8-11-3-5-13(10-21)22(9-11)16(23)14-6-4-12(18)7-15(14)19/h4,6-7,11,13H,3,5,8-10H2,1-2H3/t11-,13+/m1/s1. The van der Waals surface area contributed by atoms with Crippen LogP contribution in [0.5, 0.6) is 0 Å². The van der Waals surface area contributed by atoms with Crippen molar-refractivity contribution in [3.63, 3.8) is 0 Å². The first-order valence-electron chi connectivity index (χ1n) is 8.09. The molecule has 24 heavy (non-hydrogen) atoms. The van der Waals surface area contributed by atoms with Gasteiger partial charge < -0.3 is 14.7 Å². The molecule has 5 nitrogen and oxygen atoms in total. The Morgan fingerprint density at radius 3 is 2.54 bits per heavy atom. The smallest absolute Gasteiger partial charge is 0.319 e. The fourth-order valence-electron chi connectivity index (χ4n) is 3.59. The quantitative estimate of drug-likeness (QED) is 0.788. The van der Waals surface area contributed by atoms with E-state index >= 15 is 0 Å². The first-order valence-corrected chi connectivity index (χ1v) is 8.09. The highest BCUT2D eigenvalue weighted by Crippen LogP contribution is 2.30. The lowest BCUT2D eigenvalue weighted by molar-refractivity contribution is 0.0581. The number of fused-ring (bicyclic) bond motifs is 4. The summed E-state index contributed by atoms with van der Waals surface area (Å²) in [7, 11) is 3.40. The molecule has 3 amide bonds. The van der Waals surface area contributed by atoms with Crippen LogP contribution in [0, 0.1) is 17.6 Å². The number of hydrogen-bond donors (Lipinski definition) is 0. The number of rotatable bonds is 1. The van der Waals surface area contributed by atoms with Gasteiger partial charge in [-0.05, 0) is 30.9 Å². The zero-order chi connectivity index (χ0) is 17.4. The van der Waals surface area contributed by atoms with Crippen LogP contribution in [0.1, 0.15) is 23.2 Å². The van der Waals surface area contributed by atoms with Crippen molar-refractivity contribution >= 4 is 11.9 Å². The normalized spacial score (nSPS) is 23.2. The van der Waals surface area contributed by atoms with Gasteiger partial charge in [0.25, 0.3) is 5.91 Å². The predicted octanol–water partition coefficient (Wildman–Crippen LogP) is 2.18. The molecule has 0 radical (unpaired) electrons. The van der Waals surface area contributed by atoms with Gasteiger partial charge in [0.1, 0.15) is 11.6 Å². The van der Waals surface area contributed by atoms with Crippen LogP contribution < -0.4 is 0 Å². The first kappa shape index (κ1) is 16.7. The lowest BCUT2D eigenvalue weighted by Crippen LogP contribution is -2.48. The van der Waals surface area contributed by atoms with Crippen molar-refractivity contribution in [3.8, 4) is 0 Å². The lowest BCUT2D eigenvalue weighted by atomic mass is 9.94. The predicted molar refractivity (Wildman–Crippen MR) is 84.6 cm³/mol. The van der Waals surface area contributed by atoms with Gasteiger partial charge in [0.2, 0.25) is 0 Å². The molecular weight excluding hydrogens is 316 g/mol. The highest BCUT2D eigenvalue weighted by atomic mass is 19.1. The summed E-state index contributed by atoms with van der Waals surface area (Å²) in [6.45, 7) is 1.54. The highest BCUT2D eigenvalue weighted by molar-refractivity contribution is 5.95. The summed E-state index contributed by atoms with van der Waals surface area (Å²) in [5.41, 5.74) is -0.116. The minimum absolute atomic E-state index is 0.0749. The number of urea groups is 1. The van der Waals surface area contributed by atoms with Crippen LogP contribution in [-0.4, -0.2) is 66.4 Å². The van der Waals surface area contributed by atoms with E-state index in [-0.39, 0.29) is 23.6 Å². The summed E-state index contributed by atoms with van der Waals surface area (Å²) in [5.74, 6) is -1.80. The summed E-state index contributed by atoms with van der Waals surface area (Å²) in [4.78, 5) is 29.9. The Hall–Kier alpha value is -2.18. The topological polar surface area (TPSA) is 43.9 Å². The van der Waals surface area contributed by atoms with Gasteiger partial charge in [0.05, 0.1) is 5.56 Å². The van der Waals surface area contributed by atoms with Gasteiger partial charge in [-0.15, -0.1) is 0 Å². The van der Waals surface area contributed by atoms with Crippen molar-refractivity contribution in [2.24, 2.45) is 5.92 Å². The van der Waals surface area contributed by atoms with E-state index in [1.807, 2.05) is 0 Å². The summed E-state index contributed by atoms with van der Waals surface area (Å²) >= 11 is 0. The number of halogens is 2. The molecule has 0 unspecified atom stereocenters. The number of carbonyl (C=O) groups is 2. The molecule has 7 heteroatoms. The molecule has 3 aliphatic heterocycles. The monoisotopic (exact) mass is 337 g/mol. The molecule has 0 N–H and O–H groups in total. The molecule has 3 aliphatic rings. The van der Waals surface area contributed by atoms with Crippen LogP contribution in [-0.2, 0) is 0 Å². The van der Waals surface area contributed by atoms with Gasteiger partial charge in [0.15, 0.2) is 0 Å². The van der Waals surface area contributed by atoms with Crippen LogP contribution in [0.3, 0.4) is 0 Å². The van der Waals surface area contributed by atoms with Crippen LogP contribution in [0.2, 0.25) is 0 Å². The average Bonchev–Trinajstić information content (AvgIpc) is 2.85. The molecule has 2 bridgehead atoms. The molecule has 3 fully saturated rings. The zero-order valence-electron chi connectivity index (χ0n) is 13.8. The van der Waals surface area contributed by atoms with E-state index in [9.17, 15) is 18.4 Å². The summed E-state index contributed by atoms with van der Waals surface area (Å²) in [5, 5.41) is 0. The number of carbonyl (C=O) groups excluding carboxylic acids is 2. The third kappa shape index (κ3) is 3.07. The third-order valence-electron chi connectivity index (χ3n) is 4.79. The van der Waals surface area contributed by atoms with E-state index in [2.05, 4.69) is 0 Å². The van der Waals surface area contributed by atoms with E-state index in [1.54, 1.807) is 23.9 Å². The Labute approximate surface area is 139 Å². The second-order valence-corrected chi connectivity index (χ2v) is 6.76. The Kier molecular flexibility index (Phi) is 4.43. The molecule has 130 valence electrons. The zero-order valence-corrected chi connectivity index (χ0v) is 13.8. The fourth-order valence-corrected chi connectivity index (χ4v) is 3.59. The molecular formula is C17H21F2N3O2. The maximum Gasteiger partial charge on any atom is 0.319 e. The Balaban J connectivity index is 1.83. The molecule has 1 aromatic carbocycles. The van der Waals surface area contributed by atoms with Crippen molar-refractivity contribution < 1.29 is 18.4 Å². The van der Waals surface area contributed by atoms with Crippen LogP contribution >= 0.6 is 0 Å². The molecule has 2 atom stereocenters. The molecule has 0 spiro atoms. The van der Waals surface area contributed by atoms with Crippen LogP contribution in [0.15, 0.2) is 18.2 Å². The van der Waals surface area contributed by atoms with Gasteiger partial charge in [-0.2, -0.15) is 0 Å². The van der Waals surface area contributed by atoms with Gasteiger partial charge in [-0.3, -0.25) is 4.79 Å². The second kappa shape index (κ2) is 6.37. The molecule has 0 saturated carbocycles. The first-order chi connectivity index (χ1) is 11.4. The van der Waals surface area contributed by atoms with Gasteiger partial charge in [0, 0.05) is 45.8 Å². The maximum absolute atomic E-state index is 14.0. The molecule has 0 aromatic heterocycles. The summed E-state index contributed by atoms with van der Waals surface area (Å²) in [6.07, 6.45) is 1.73. The van der Waals surface area contributed by atoms with Gasteiger partial charge in [-0.1, -0.05) is 0 Å².